The third-order valence-corrected chi connectivity index (χ3v) is 26.2. The molecule has 12 aromatic heterocycles. The number of aliphatic hydroxyl groups excluding tert-OH is 1. The summed E-state index contributed by atoms with van der Waals surface area (Å²) in [4.78, 5) is 124. The molecule has 0 bridgehead atoms. The Kier molecular flexibility index (Phi) is 36.2. The third-order valence-electron chi connectivity index (χ3n) is 22.3. The molecule has 16 aromatic rings. The van der Waals surface area contributed by atoms with Crippen LogP contribution in [0.4, 0.5) is 86.2 Å². The van der Waals surface area contributed by atoms with E-state index in [0.717, 1.165) is 148 Å². The lowest BCUT2D eigenvalue weighted by Crippen LogP contribution is -2.21. The molecule has 12 heterocycles. The highest BCUT2D eigenvalue weighted by molar-refractivity contribution is 7.16. The minimum absolute atomic E-state index is 0.0670. The fraction of sp³-hybridized carbons (Fsp3) is 0.299. The summed E-state index contributed by atoms with van der Waals surface area (Å²) < 4.78 is 7.00. The van der Waals surface area contributed by atoms with Gasteiger partial charge in [-0.25, -0.2) is 77.8 Å². The maximum atomic E-state index is 12.9. The van der Waals surface area contributed by atoms with E-state index in [0.29, 0.717) is 86.3 Å². The summed E-state index contributed by atoms with van der Waals surface area (Å²) in [5.74, 6) is 3.59. The zero-order chi connectivity index (χ0) is 105. The molecule has 0 aliphatic heterocycles. The van der Waals surface area contributed by atoms with Gasteiger partial charge in [-0.05, 0) is 210 Å². The number of benzene rings is 4. The quantitative estimate of drug-likeness (QED) is 0.0207. The Balaban J connectivity index is 0.000000164. The van der Waals surface area contributed by atoms with Crippen LogP contribution in [0.1, 0.15) is 190 Å². The van der Waals surface area contributed by atoms with Crippen molar-refractivity contribution in [3.8, 4) is 22.7 Å². The van der Waals surface area contributed by atoms with Gasteiger partial charge < -0.3 is 26.8 Å². The molecular formula is C107H124N28O8S4. The lowest BCUT2D eigenvalue weighted by atomic mass is 9.92. The van der Waals surface area contributed by atoms with Crippen molar-refractivity contribution in [1.29, 1.82) is 0 Å². The molecule has 4 aromatic carbocycles. The van der Waals surface area contributed by atoms with Crippen LogP contribution in [0.15, 0.2) is 219 Å². The average Bonchev–Trinajstić information content (AvgIpc) is 1.66. The van der Waals surface area contributed by atoms with Crippen LogP contribution in [0.25, 0.3) is 22.7 Å². The predicted octanol–water partition coefficient (Wildman–Crippen LogP) is 21.9. The molecular weight excluding hydrogens is 1930 g/mol. The number of carbonyl (C=O) groups is 7. The molecule has 0 spiro atoms. The highest BCUT2D eigenvalue weighted by Gasteiger charge is 2.28. The van der Waals surface area contributed by atoms with Crippen molar-refractivity contribution in [3.63, 3.8) is 0 Å². The van der Waals surface area contributed by atoms with Crippen molar-refractivity contribution < 1.29 is 38.7 Å². The van der Waals surface area contributed by atoms with Crippen LogP contribution in [-0.4, -0.2) is 133 Å². The molecule has 0 radical (unpaired) electrons. The van der Waals surface area contributed by atoms with Gasteiger partial charge in [-0.3, -0.25) is 56.9 Å². The molecule has 0 aliphatic rings. The van der Waals surface area contributed by atoms with Gasteiger partial charge in [-0.1, -0.05) is 150 Å². The topological polar surface area (TPSA) is 472 Å². The second kappa shape index (κ2) is 49.1. The monoisotopic (exact) mass is 2060 g/mol. The predicted molar refractivity (Wildman–Crippen MR) is 587 cm³/mol. The summed E-state index contributed by atoms with van der Waals surface area (Å²) in [6, 6.07) is 53.0. The molecule has 0 aliphatic carbocycles. The van der Waals surface area contributed by atoms with Crippen molar-refractivity contribution >= 4 is 154 Å². The number of hydrogen-bond donors (Lipinski definition) is 13. The highest BCUT2D eigenvalue weighted by atomic mass is 32.1. The van der Waals surface area contributed by atoms with Crippen LogP contribution < -0.4 is 64.2 Å². The fourth-order valence-corrected chi connectivity index (χ4v) is 17.6. The van der Waals surface area contributed by atoms with Crippen LogP contribution in [0.2, 0.25) is 0 Å². The Labute approximate surface area is 870 Å². The van der Waals surface area contributed by atoms with Gasteiger partial charge in [0.05, 0.1) is 45.5 Å². The smallest absolute Gasteiger partial charge is 0.326 e. The maximum Gasteiger partial charge on any atom is 0.326 e. The molecule has 0 unspecified atom stereocenters. The van der Waals surface area contributed by atoms with Gasteiger partial charge in [0.2, 0.25) is 11.8 Å². The summed E-state index contributed by atoms with van der Waals surface area (Å²) in [6.07, 6.45) is 20.2. The second-order valence-corrected chi connectivity index (χ2v) is 43.5. The van der Waals surface area contributed by atoms with Gasteiger partial charge in [0.25, 0.3) is 5.91 Å². The molecule has 36 nitrogen and oxygen atoms in total. The van der Waals surface area contributed by atoms with Crippen LogP contribution in [0.3, 0.4) is 0 Å². The van der Waals surface area contributed by atoms with Crippen molar-refractivity contribution in [2.45, 2.75) is 204 Å². The van der Waals surface area contributed by atoms with Gasteiger partial charge in [0.15, 0.2) is 20.5 Å². The van der Waals surface area contributed by atoms with Gasteiger partial charge >= 0.3 is 24.1 Å². The SMILES string of the molecule is CC(=O)Nc1cc(CCc2cnc(NC(=O)Nc3cc(C(C)(C)C)nn3-c3cccc(C)c3)s2)ccn1.CCC(=O)Nc1cc(CCc2cnc(NC(=O)Nc3cc(C(C)(C)C)nn3-c3ccc(C)cc3)s2)ccn1.Cc1ccc(-n2nc(C(C)(C)C)cc2NC(=O)Nc2ncc(CCc3ccnc(NC(=O)CO)c3)s2)cc1.Cc1cccc(-n2nc(C(C)(C)C)cc2NC(=O)Nc2ncc(CCc3ccnc(N)c3)s2)c1. The highest BCUT2D eigenvalue weighted by Crippen LogP contribution is 2.35. The Morgan fingerprint density at radius 1 is 0.313 bits per heavy atom. The fourth-order valence-electron chi connectivity index (χ4n) is 14.3. The number of rotatable bonds is 29. The number of nitrogens with zero attached hydrogens (tertiary/aromatic N) is 16. The zero-order valence-corrected chi connectivity index (χ0v) is 88.8. The van der Waals surface area contributed by atoms with E-state index in [4.69, 9.17) is 31.2 Å². The number of aryl methyl sites for hydroxylation is 12. The largest absolute Gasteiger partial charge is 0.387 e. The van der Waals surface area contributed by atoms with Gasteiger partial charge in [0, 0.05) is 128 Å². The van der Waals surface area contributed by atoms with Crippen LogP contribution in [0, 0.1) is 27.7 Å². The minimum atomic E-state index is -0.595. The number of thiazole rings is 4. The molecule has 14 N–H and O–H groups in total. The normalized spacial score (nSPS) is 11.3. The molecule has 40 heteroatoms. The molecule has 11 amide bonds. The van der Waals surface area contributed by atoms with E-state index in [1.807, 2.05) is 191 Å². The number of nitrogens with two attached hydrogens (primary N) is 1. The Morgan fingerprint density at radius 3 is 0.878 bits per heavy atom. The number of pyridine rings is 4. The van der Waals surface area contributed by atoms with Crippen molar-refractivity contribution in [2.24, 2.45) is 0 Å². The first-order valence-electron chi connectivity index (χ1n) is 47.8. The second-order valence-electron chi connectivity index (χ2n) is 39.0. The minimum Gasteiger partial charge on any atom is -0.387 e. The summed E-state index contributed by atoms with van der Waals surface area (Å²) in [6.45, 7) is 35.8. The third kappa shape index (κ3) is 32.5. The zero-order valence-electron chi connectivity index (χ0n) is 85.5. The molecule has 0 atom stereocenters. The van der Waals surface area contributed by atoms with Gasteiger partial charge in [-0.2, -0.15) is 20.4 Å². The van der Waals surface area contributed by atoms with Gasteiger partial charge in [0.1, 0.15) is 53.1 Å². The summed E-state index contributed by atoms with van der Waals surface area (Å²) in [5, 5.41) is 61.0. The number of carbonyl (C=O) groups excluding carboxylic acids is 7. The lowest BCUT2D eigenvalue weighted by Gasteiger charge is -2.14. The molecule has 764 valence electrons. The number of aliphatic hydroxyl groups is 1. The molecule has 0 saturated carbocycles. The Morgan fingerprint density at radius 2 is 0.599 bits per heavy atom. The van der Waals surface area contributed by atoms with E-state index in [9.17, 15) is 33.6 Å². The van der Waals surface area contributed by atoms with Crippen LogP contribution in [0.5, 0.6) is 0 Å². The summed E-state index contributed by atoms with van der Waals surface area (Å²) in [5.41, 5.74) is 20.8. The Hall–Kier alpha value is -15.9. The standard InChI is InChI=1S/C28H33N7O2S.C27H31N7O3S.C27H31N7O2S.C25H29N7OS/c1-6-25(36)31-23-15-19(13-14-29-23)9-12-21-17-30-27(38-21)33-26(37)32-24-16-22(28(3,4)5)34-35(24)20-10-7-18(2)8-11-20;1-17-5-8-19(9-6-17)34-23(14-21(33-34)27(2,3)4)31-25(37)32-26-29-15-20(38-26)10-7-18-11-12-28-22(13-18)30-24(36)16-35;1-17-7-6-8-20(13-17)34-24(15-22(33-34)27(3,4)5)31-25(36)32-26-29-16-21(37-26)10-9-19-11-12-28-23(14-19)30-18(2)35;1-16-6-5-7-18(12-16)32-22(14-20(31-32)25(2,3)4)29-23(33)30-24-28-15-19(34-24)9-8-17-10-11-27-21(26)13-17/h7-8,10-11,13-17H,6,9,12H2,1-5H3,(H,29,31,36)(H2,30,32,33,37);5-6,8-9,11-15,35H,7,10,16H2,1-4H3,(H,28,30,36)(H2,29,31,32,37);6-8,11-16H,9-10H2,1-5H3,(H,28,30,35)(H2,29,31,32,36);5-7,10-15H,8-9H2,1-4H3,(H2,26,27)(H2,28,29,30,33). The summed E-state index contributed by atoms with van der Waals surface area (Å²) in [7, 11) is 0. The van der Waals surface area contributed by atoms with E-state index in [1.54, 1.807) is 81.3 Å². The molecule has 0 fully saturated rings. The number of nitrogens with one attached hydrogen (secondary N) is 11. The lowest BCUT2D eigenvalue weighted by molar-refractivity contribution is -0.119. The first-order chi connectivity index (χ1) is 69.9. The van der Waals surface area contributed by atoms with E-state index in [1.165, 1.54) is 52.3 Å². The number of nitrogen functional groups attached to an aromatic ring is 1. The number of aromatic nitrogens is 16. The number of amides is 11. The van der Waals surface area contributed by atoms with Crippen molar-refractivity contribution in [1.82, 2.24) is 79.0 Å². The number of anilines is 12. The van der Waals surface area contributed by atoms with E-state index in [-0.39, 0.29) is 51.6 Å². The average molecular weight is 2060 g/mol. The van der Waals surface area contributed by atoms with E-state index < -0.39 is 18.5 Å². The maximum absolute atomic E-state index is 12.9. The molecule has 0 saturated heterocycles. The van der Waals surface area contributed by atoms with E-state index >= 15 is 0 Å². The summed E-state index contributed by atoms with van der Waals surface area (Å²) >= 11 is 5.71. The van der Waals surface area contributed by atoms with Crippen molar-refractivity contribution in [3.05, 3.63) is 306 Å². The van der Waals surface area contributed by atoms with Crippen molar-refractivity contribution in [2.75, 3.05) is 70.8 Å². The number of hydrogen-bond acceptors (Lipinski definition) is 25. The van der Waals surface area contributed by atoms with Crippen LogP contribution >= 0.6 is 45.3 Å². The molecule has 16 rings (SSSR count). The van der Waals surface area contributed by atoms with E-state index in [2.05, 4.69) is 181 Å². The molecule has 147 heavy (non-hydrogen) atoms. The van der Waals surface area contributed by atoms with Gasteiger partial charge in [-0.15, -0.1) is 45.3 Å². The first kappa shape index (κ1) is 108. The van der Waals surface area contributed by atoms with Crippen LogP contribution in [-0.2, 0) is 87.4 Å². The first-order valence-corrected chi connectivity index (χ1v) is 51.1. The number of urea groups is 4. The Bertz CT molecular complexity index is 7050.